The first-order valence-corrected chi connectivity index (χ1v) is 3.25. The van der Waals surface area contributed by atoms with Gasteiger partial charge in [-0.1, -0.05) is 0 Å². The standard InChI is InChI=1S/C6H7NO4/c8-6(9)5-3-1-11-7-4(3)2-10-5/h2-3,5,7H,1H2,(H,8,9). The third-order valence-corrected chi connectivity index (χ3v) is 1.80. The summed E-state index contributed by atoms with van der Waals surface area (Å²) in [6.07, 6.45) is 0.621. The zero-order valence-electron chi connectivity index (χ0n) is 5.61. The Balaban J connectivity index is 2.15. The normalized spacial score (nSPS) is 33.6. The van der Waals surface area contributed by atoms with Gasteiger partial charge >= 0.3 is 5.97 Å². The van der Waals surface area contributed by atoms with Crippen molar-refractivity contribution in [2.75, 3.05) is 6.61 Å². The summed E-state index contributed by atoms with van der Waals surface area (Å²) in [6, 6.07) is 0. The van der Waals surface area contributed by atoms with Crippen molar-refractivity contribution in [1.82, 2.24) is 5.48 Å². The zero-order valence-corrected chi connectivity index (χ0v) is 5.61. The maximum Gasteiger partial charge on any atom is 0.345 e. The molecule has 0 bridgehead atoms. The molecule has 0 spiro atoms. The number of rotatable bonds is 1. The highest BCUT2D eigenvalue weighted by molar-refractivity contribution is 5.74. The number of fused-ring (bicyclic) bond motifs is 1. The number of hydroxylamine groups is 1. The second-order valence-electron chi connectivity index (χ2n) is 2.49. The lowest BCUT2D eigenvalue weighted by Crippen LogP contribution is -2.28. The zero-order chi connectivity index (χ0) is 7.84. The summed E-state index contributed by atoms with van der Waals surface area (Å²) in [5.74, 6) is -1.11. The summed E-state index contributed by atoms with van der Waals surface area (Å²) < 4.78 is 4.88. The van der Waals surface area contributed by atoms with E-state index >= 15 is 0 Å². The van der Waals surface area contributed by atoms with Gasteiger partial charge in [0.25, 0.3) is 0 Å². The highest BCUT2D eigenvalue weighted by Gasteiger charge is 2.40. The minimum absolute atomic E-state index is 0.160. The first kappa shape index (κ1) is 6.48. The van der Waals surface area contributed by atoms with Gasteiger partial charge in [0.05, 0.1) is 18.2 Å². The predicted molar refractivity (Wildman–Crippen MR) is 33.2 cm³/mol. The van der Waals surface area contributed by atoms with Crippen molar-refractivity contribution < 1.29 is 19.5 Å². The fraction of sp³-hybridized carbons (Fsp3) is 0.500. The molecule has 1 saturated heterocycles. The van der Waals surface area contributed by atoms with Crippen LogP contribution in [-0.2, 0) is 14.4 Å². The first-order chi connectivity index (χ1) is 5.29. The molecule has 2 unspecified atom stereocenters. The van der Waals surface area contributed by atoms with Crippen LogP contribution in [0.15, 0.2) is 12.0 Å². The Morgan fingerprint density at radius 3 is 3.36 bits per heavy atom. The molecular formula is C6H7NO4. The lowest BCUT2D eigenvalue weighted by molar-refractivity contribution is -0.148. The van der Waals surface area contributed by atoms with Crippen molar-refractivity contribution in [3.8, 4) is 0 Å². The summed E-state index contributed by atoms with van der Waals surface area (Å²) in [6.45, 7) is 0.364. The predicted octanol–water partition coefficient (Wildman–Crippen LogP) is -0.538. The van der Waals surface area contributed by atoms with E-state index in [-0.39, 0.29) is 5.92 Å². The molecule has 2 N–H and O–H groups in total. The fourth-order valence-corrected chi connectivity index (χ4v) is 1.21. The van der Waals surface area contributed by atoms with Crippen LogP contribution in [0.25, 0.3) is 0 Å². The fourth-order valence-electron chi connectivity index (χ4n) is 1.21. The minimum atomic E-state index is -0.950. The number of aliphatic carboxylic acids is 1. The highest BCUT2D eigenvalue weighted by Crippen LogP contribution is 2.27. The average Bonchev–Trinajstić information content (AvgIpc) is 2.41. The molecule has 0 radical (unpaired) electrons. The summed E-state index contributed by atoms with van der Waals surface area (Å²) in [7, 11) is 0. The molecule has 5 heteroatoms. The Labute approximate surface area is 62.5 Å². The van der Waals surface area contributed by atoms with E-state index in [1.807, 2.05) is 0 Å². The highest BCUT2D eigenvalue weighted by atomic mass is 16.7. The van der Waals surface area contributed by atoms with Gasteiger partial charge in [0.2, 0.25) is 6.10 Å². The van der Waals surface area contributed by atoms with E-state index in [9.17, 15) is 4.79 Å². The van der Waals surface area contributed by atoms with E-state index in [0.29, 0.717) is 6.61 Å². The quantitative estimate of drug-likeness (QED) is 0.535. The van der Waals surface area contributed by atoms with Gasteiger partial charge in [-0.2, -0.15) is 0 Å². The molecule has 2 atom stereocenters. The van der Waals surface area contributed by atoms with Crippen molar-refractivity contribution in [1.29, 1.82) is 0 Å². The van der Waals surface area contributed by atoms with Crippen LogP contribution in [0.2, 0.25) is 0 Å². The van der Waals surface area contributed by atoms with Crippen LogP contribution in [0.4, 0.5) is 0 Å². The number of carboxylic acids is 1. The maximum atomic E-state index is 10.5. The molecule has 60 valence electrons. The van der Waals surface area contributed by atoms with Crippen LogP contribution >= 0.6 is 0 Å². The molecule has 0 aromatic heterocycles. The monoisotopic (exact) mass is 157 g/mol. The average molecular weight is 157 g/mol. The van der Waals surface area contributed by atoms with Gasteiger partial charge in [-0.3, -0.25) is 10.3 Å². The number of hydrogen-bond acceptors (Lipinski definition) is 4. The van der Waals surface area contributed by atoms with Crippen LogP contribution in [0.3, 0.4) is 0 Å². The summed E-state index contributed by atoms with van der Waals surface area (Å²) in [4.78, 5) is 15.3. The van der Waals surface area contributed by atoms with Crippen molar-refractivity contribution >= 4 is 5.97 Å². The molecule has 0 amide bonds. The molecule has 2 aliphatic rings. The van der Waals surface area contributed by atoms with Crippen LogP contribution < -0.4 is 5.48 Å². The second kappa shape index (κ2) is 2.13. The number of nitrogens with one attached hydrogen (secondary N) is 1. The van der Waals surface area contributed by atoms with Crippen LogP contribution in [0.1, 0.15) is 0 Å². The minimum Gasteiger partial charge on any atom is -0.484 e. The Bertz CT molecular complexity index is 225. The smallest absolute Gasteiger partial charge is 0.345 e. The molecule has 2 aliphatic heterocycles. The van der Waals surface area contributed by atoms with Gasteiger partial charge in [0, 0.05) is 0 Å². The number of carbonyl (C=O) groups is 1. The Morgan fingerprint density at radius 1 is 1.82 bits per heavy atom. The largest absolute Gasteiger partial charge is 0.484 e. The van der Waals surface area contributed by atoms with Crippen LogP contribution in [0, 0.1) is 5.92 Å². The second-order valence-corrected chi connectivity index (χ2v) is 2.49. The third kappa shape index (κ3) is 0.848. The molecule has 0 aromatic carbocycles. The molecular weight excluding hydrogens is 150 g/mol. The Morgan fingerprint density at radius 2 is 2.64 bits per heavy atom. The van der Waals surface area contributed by atoms with E-state index in [1.54, 1.807) is 0 Å². The lowest BCUT2D eigenvalue weighted by atomic mass is 10.0. The SMILES string of the molecule is O=C(O)C1OC=C2NOCC21. The molecule has 0 saturated carbocycles. The molecule has 2 rings (SSSR count). The number of ether oxygens (including phenoxy) is 1. The van der Waals surface area contributed by atoms with Crippen LogP contribution in [0.5, 0.6) is 0 Å². The summed E-state index contributed by atoms with van der Waals surface area (Å²) in [5.41, 5.74) is 3.30. The number of carboxylic acid groups (broad SMARTS) is 1. The van der Waals surface area contributed by atoms with Gasteiger partial charge in [0.15, 0.2) is 0 Å². The van der Waals surface area contributed by atoms with Gasteiger partial charge < -0.3 is 9.84 Å². The van der Waals surface area contributed by atoms with Crippen molar-refractivity contribution in [3.63, 3.8) is 0 Å². The van der Waals surface area contributed by atoms with Crippen LogP contribution in [-0.4, -0.2) is 23.8 Å². The summed E-state index contributed by atoms with van der Waals surface area (Å²) in [5, 5.41) is 8.62. The lowest BCUT2D eigenvalue weighted by Gasteiger charge is -2.08. The molecule has 2 heterocycles. The van der Waals surface area contributed by atoms with E-state index in [1.165, 1.54) is 6.26 Å². The first-order valence-electron chi connectivity index (χ1n) is 3.25. The van der Waals surface area contributed by atoms with Crippen molar-refractivity contribution in [2.45, 2.75) is 6.10 Å². The summed E-state index contributed by atoms with van der Waals surface area (Å²) >= 11 is 0. The van der Waals surface area contributed by atoms with E-state index in [4.69, 9.17) is 14.7 Å². The van der Waals surface area contributed by atoms with E-state index in [0.717, 1.165) is 5.70 Å². The Kier molecular flexibility index (Phi) is 1.25. The third-order valence-electron chi connectivity index (χ3n) is 1.80. The molecule has 11 heavy (non-hydrogen) atoms. The topological polar surface area (TPSA) is 67.8 Å². The van der Waals surface area contributed by atoms with E-state index in [2.05, 4.69) is 5.48 Å². The Hall–Kier alpha value is -1.23. The molecule has 1 fully saturated rings. The molecule has 0 aromatic rings. The molecule has 0 aliphatic carbocycles. The van der Waals surface area contributed by atoms with E-state index < -0.39 is 12.1 Å². The number of hydrogen-bond donors (Lipinski definition) is 2. The maximum absolute atomic E-state index is 10.5. The van der Waals surface area contributed by atoms with Gasteiger partial charge in [-0.25, -0.2) is 4.79 Å². The van der Waals surface area contributed by atoms with Gasteiger partial charge in [-0.05, 0) is 0 Å². The van der Waals surface area contributed by atoms with Gasteiger partial charge in [-0.15, -0.1) is 0 Å². The van der Waals surface area contributed by atoms with Crippen molar-refractivity contribution in [3.05, 3.63) is 12.0 Å². The van der Waals surface area contributed by atoms with Crippen molar-refractivity contribution in [2.24, 2.45) is 5.92 Å². The molecule has 5 nitrogen and oxygen atoms in total. The van der Waals surface area contributed by atoms with Gasteiger partial charge in [0.1, 0.15) is 6.26 Å².